The lowest BCUT2D eigenvalue weighted by atomic mass is 10.2. The second-order valence-corrected chi connectivity index (χ2v) is 7.51. The molecule has 0 saturated carbocycles. The largest absolute Gasteiger partial charge is 0.490 e. The van der Waals surface area contributed by atoms with Crippen LogP contribution in [0, 0.1) is 0 Å². The molecule has 0 aromatic heterocycles. The molecule has 1 aromatic rings. The molecule has 1 atom stereocenters. The van der Waals surface area contributed by atoms with Gasteiger partial charge in [0.25, 0.3) is 11.1 Å². The van der Waals surface area contributed by atoms with Gasteiger partial charge in [-0.2, -0.15) is 0 Å². The highest BCUT2D eigenvalue weighted by molar-refractivity contribution is 9.10. The summed E-state index contributed by atoms with van der Waals surface area (Å²) in [6, 6.07) is 5.53. The van der Waals surface area contributed by atoms with Crippen molar-refractivity contribution in [2.24, 2.45) is 0 Å². The Kier molecular flexibility index (Phi) is 5.92. The third kappa shape index (κ3) is 4.18. The number of hydrogen-bond acceptors (Lipinski definition) is 4. The fraction of sp³-hybridized carbons (Fsp3) is 0.412. The molecule has 2 rings (SSSR count). The zero-order valence-corrected chi connectivity index (χ0v) is 16.0. The van der Waals surface area contributed by atoms with E-state index < -0.39 is 0 Å². The molecule has 1 aliphatic rings. The van der Waals surface area contributed by atoms with E-state index in [1.807, 2.05) is 45.9 Å². The summed E-state index contributed by atoms with van der Waals surface area (Å²) in [5.41, 5.74) is 0.850. The van der Waals surface area contributed by atoms with Gasteiger partial charge < -0.3 is 4.74 Å². The Balaban J connectivity index is 2.24. The SMILES string of the molecule is CC[C@H](C)N1C(=O)S/C(=C/c2ccc(OC(C)C)c(Br)c2)C1=O. The van der Waals surface area contributed by atoms with Gasteiger partial charge in [-0.15, -0.1) is 0 Å². The lowest BCUT2D eigenvalue weighted by Crippen LogP contribution is -2.36. The van der Waals surface area contributed by atoms with Gasteiger partial charge in [-0.1, -0.05) is 13.0 Å². The van der Waals surface area contributed by atoms with E-state index in [-0.39, 0.29) is 23.3 Å². The molecule has 0 aliphatic carbocycles. The van der Waals surface area contributed by atoms with Crippen LogP contribution < -0.4 is 4.74 Å². The normalized spacial score (nSPS) is 18.2. The number of halogens is 1. The molecule has 1 aromatic carbocycles. The average molecular weight is 398 g/mol. The number of benzene rings is 1. The monoisotopic (exact) mass is 397 g/mol. The van der Waals surface area contributed by atoms with Crippen LogP contribution in [0.3, 0.4) is 0 Å². The summed E-state index contributed by atoms with van der Waals surface area (Å²) in [5.74, 6) is 0.540. The standard InChI is InChI=1S/C17H20BrNO3S/c1-5-11(4)19-16(20)15(23-17(19)21)9-12-6-7-14(13(18)8-12)22-10(2)3/h6-11H,5H2,1-4H3/b15-9+/t11-/m0/s1. The Morgan fingerprint density at radius 3 is 2.57 bits per heavy atom. The Hall–Kier alpha value is -1.27. The van der Waals surface area contributed by atoms with Gasteiger partial charge in [-0.25, -0.2) is 0 Å². The predicted molar refractivity (Wildman–Crippen MR) is 97.5 cm³/mol. The van der Waals surface area contributed by atoms with E-state index in [2.05, 4.69) is 15.9 Å². The van der Waals surface area contributed by atoms with Crippen molar-refractivity contribution in [2.45, 2.75) is 46.3 Å². The molecule has 0 radical (unpaired) electrons. The molecular formula is C17H20BrNO3S. The Morgan fingerprint density at radius 1 is 1.30 bits per heavy atom. The van der Waals surface area contributed by atoms with Crippen LogP contribution in [0.5, 0.6) is 5.75 Å². The van der Waals surface area contributed by atoms with Gasteiger partial charge >= 0.3 is 0 Å². The molecule has 6 heteroatoms. The second kappa shape index (κ2) is 7.53. The summed E-state index contributed by atoms with van der Waals surface area (Å²) in [7, 11) is 0. The maximum atomic E-state index is 12.4. The number of hydrogen-bond donors (Lipinski definition) is 0. The van der Waals surface area contributed by atoms with E-state index >= 15 is 0 Å². The van der Waals surface area contributed by atoms with Gasteiger partial charge in [0, 0.05) is 6.04 Å². The van der Waals surface area contributed by atoms with Crippen LogP contribution in [0.4, 0.5) is 4.79 Å². The minimum atomic E-state index is -0.215. The maximum absolute atomic E-state index is 12.4. The summed E-state index contributed by atoms with van der Waals surface area (Å²) < 4.78 is 6.49. The summed E-state index contributed by atoms with van der Waals surface area (Å²) in [4.78, 5) is 26.2. The molecule has 4 nitrogen and oxygen atoms in total. The number of amides is 2. The molecule has 0 unspecified atom stereocenters. The zero-order valence-electron chi connectivity index (χ0n) is 13.6. The third-order valence-corrected chi connectivity index (χ3v) is 4.97. The molecule has 124 valence electrons. The summed E-state index contributed by atoms with van der Waals surface area (Å²) in [5, 5.41) is -0.200. The number of ether oxygens (including phenoxy) is 1. The smallest absolute Gasteiger partial charge is 0.293 e. The molecule has 1 saturated heterocycles. The Bertz CT molecular complexity index is 657. The van der Waals surface area contributed by atoms with Crippen molar-refractivity contribution in [2.75, 3.05) is 0 Å². The number of thioether (sulfide) groups is 1. The van der Waals surface area contributed by atoms with Crippen molar-refractivity contribution in [3.63, 3.8) is 0 Å². The van der Waals surface area contributed by atoms with Gasteiger partial charge in [-0.3, -0.25) is 14.5 Å². The maximum Gasteiger partial charge on any atom is 0.293 e. The van der Waals surface area contributed by atoms with Gasteiger partial charge in [0.1, 0.15) is 5.75 Å². The van der Waals surface area contributed by atoms with Crippen molar-refractivity contribution in [1.29, 1.82) is 0 Å². The van der Waals surface area contributed by atoms with Gasteiger partial charge in [0.15, 0.2) is 0 Å². The molecule has 2 amide bonds. The predicted octanol–water partition coefficient (Wildman–Crippen LogP) is 5.07. The van der Waals surface area contributed by atoms with Crippen molar-refractivity contribution >= 4 is 44.9 Å². The van der Waals surface area contributed by atoms with Gasteiger partial charge in [0.2, 0.25) is 0 Å². The fourth-order valence-corrected chi connectivity index (χ4v) is 3.57. The van der Waals surface area contributed by atoms with Crippen molar-refractivity contribution in [3.8, 4) is 5.75 Å². The minimum Gasteiger partial charge on any atom is -0.490 e. The first-order valence-electron chi connectivity index (χ1n) is 7.56. The van der Waals surface area contributed by atoms with E-state index in [0.29, 0.717) is 4.91 Å². The van der Waals surface area contributed by atoms with Crippen LogP contribution in [-0.2, 0) is 4.79 Å². The molecular weight excluding hydrogens is 378 g/mol. The van der Waals surface area contributed by atoms with E-state index in [1.54, 1.807) is 6.08 Å². The molecule has 1 aliphatic heterocycles. The Morgan fingerprint density at radius 2 is 2.00 bits per heavy atom. The number of rotatable bonds is 5. The number of nitrogens with zero attached hydrogens (tertiary/aromatic N) is 1. The van der Waals surface area contributed by atoms with Crippen molar-refractivity contribution < 1.29 is 14.3 Å². The molecule has 23 heavy (non-hydrogen) atoms. The lowest BCUT2D eigenvalue weighted by Gasteiger charge is -2.19. The van der Waals surface area contributed by atoms with Crippen LogP contribution >= 0.6 is 27.7 Å². The topological polar surface area (TPSA) is 46.6 Å². The summed E-state index contributed by atoms with van der Waals surface area (Å²) >= 11 is 4.47. The number of imide groups is 1. The quantitative estimate of drug-likeness (QED) is 0.650. The average Bonchev–Trinajstić information content (AvgIpc) is 2.75. The Labute approximate surface area is 149 Å². The first-order chi connectivity index (χ1) is 10.8. The van der Waals surface area contributed by atoms with Gasteiger partial charge in [0.05, 0.1) is 15.5 Å². The molecule has 1 heterocycles. The summed E-state index contributed by atoms with van der Waals surface area (Å²) in [6.45, 7) is 7.77. The fourth-order valence-electron chi connectivity index (χ4n) is 2.15. The third-order valence-electron chi connectivity index (χ3n) is 3.47. The van der Waals surface area contributed by atoms with Crippen LogP contribution in [0.1, 0.15) is 39.7 Å². The van der Waals surface area contributed by atoms with Gasteiger partial charge in [-0.05, 0) is 78.7 Å². The summed E-state index contributed by atoms with van der Waals surface area (Å²) in [6.07, 6.45) is 2.58. The van der Waals surface area contributed by atoms with Crippen LogP contribution in [0.25, 0.3) is 6.08 Å². The molecule has 1 fully saturated rings. The minimum absolute atomic E-state index is 0.0815. The second-order valence-electron chi connectivity index (χ2n) is 5.67. The highest BCUT2D eigenvalue weighted by Gasteiger charge is 2.37. The first kappa shape index (κ1) is 18.1. The van der Waals surface area contributed by atoms with E-state index in [0.717, 1.165) is 34.0 Å². The molecule has 0 spiro atoms. The highest BCUT2D eigenvalue weighted by Crippen LogP contribution is 2.35. The number of carbonyl (C=O) groups is 2. The van der Waals surface area contributed by atoms with Crippen molar-refractivity contribution in [1.82, 2.24) is 4.90 Å². The molecule has 0 N–H and O–H groups in total. The van der Waals surface area contributed by atoms with Crippen LogP contribution in [-0.4, -0.2) is 28.2 Å². The van der Waals surface area contributed by atoms with E-state index in [1.165, 1.54) is 4.90 Å². The highest BCUT2D eigenvalue weighted by atomic mass is 79.9. The van der Waals surface area contributed by atoms with E-state index in [9.17, 15) is 9.59 Å². The number of carbonyl (C=O) groups excluding carboxylic acids is 2. The van der Waals surface area contributed by atoms with Crippen molar-refractivity contribution in [3.05, 3.63) is 33.1 Å². The van der Waals surface area contributed by atoms with E-state index in [4.69, 9.17) is 4.74 Å². The zero-order chi connectivity index (χ0) is 17.1. The molecule has 0 bridgehead atoms. The first-order valence-corrected chi connectivity index (χ1v) is 9.17. The lowest BCUT2D eigenvalue weighted by molar-refractivity contribution is -0.124. The van der Waals surface area contributed by atoms with Crippen LogP contribution in [0.2, 0.25) is 0 Å². The van der Waals surface area contributed by atoms with Crippen LogP contribution in [0.15, 0.2) is 27.6 Å².